The topological polar surface area (TPSA) is 92.2 Å². The van der Waals surface area contributed by atoms with Crippen molar-refractivity contribution in [2.24, 2.45) is 0 Å². The molecule has 0 saturated heterocycles. The highest BCUT2D eigenvalue weighted by molar-refractivity contribution is 9.10. The number of nitrogens with zero attached hydrogens (tertiary/aromatic N) is 2. The minimum atomic E-state index is -1.09. The van der Waals surface area contributed by atoms with Crippen LogP contribution in [0.15, 0.2) is 41.1 Å². The molecule has 0 radical (unpaired) electrons. The second-order valence-corrected chi connectivity index (χ2v) is 4.73. The average molecular weight is 336 g/mol. The molecular formula is C13H10BrN3O3. The van der Waals surface area contributed by atoms with Crippen LogP contribution in [0.1, 0.15) is 26.5 Å². The lowest BCUT2D eigenvalue weighted by Crippen LogP contribution is -2.24. The number of rotatable bonds is 4. The Morgan fingerprint density at radius 3 is 2.65 bits per heavy atom. The van der Waals surface area contributed by atoms with Gasteiger partial charge in [-0.2, -0.15) is 0 Å². The molecular weight excluding hydrogens is 326 g/mol. The van der Waals surface area contributed by atoms with Crippen molar-refractivity contribution in [3.63, 3.8) is 0 Å². The van der Waals surface area contributed by atoms with Gasteiger partial charge in [-0.3, -0.25) is 4.79 Å². The standard InChI is InChI=1S/C13H10BrN3O3/c14-9-2-1-5-15-11(9)12(18)17-7-8-3-4-10(13(19)20)16-6-8/h1-6H,7H2,(H,17,18)(H,19,20). The van der Waals surface area contributed by atoms with Crippen LogP contribution in [0, 0.1) is 0 Å². The normalized spacial score (nSPS) is 10.1. The first-order valence-electron chi connectivity index (χ1n) is 5.65. The molecule has 0 aliphatic rings. The molecule has 6 nitrogen and oxygen atoms in total. The lowest BCUT2D eigenvalue weighted by atomic mass is 10.2. The van der Waals surface area contributed by atoms with Gasteiger partial charge in [-0.15, -0.1) is 0 Å². The predicted octanol–water partition coefficient (Wildman–Crippen LogP) is 1.87. The number of hydrogen-bond acceptors (Lipinski definition) is 4. The molecule has 0 atom stereocenters. The van der Waals surface area contributed by atoms with Gasteiger partial charge in [0, 0.05) is 23.4 Å². The molecule has 2 rings (SSSR count). The number of aromatic carboxylic acids is 1. The van der Waals surface area contributed by atoms with Gasteiger partial charge in [0.1, 0.15) is 11.4 Å². The van der Waals surface area contributed by atoms with E-state index in [-0.39, 0.29) is 18.1 Å². The number of carboxylic acids is 1. The highest BCUT2D eigenvalue weighted by Crippen LogP contribution is 2.13. The monoisotopic (exact) mass is 335 g/mol. The van der Waals surface area contributed by atoms with Crippen molar-refractivity contribution >= 4 is 27.8 Å². The largest absolute Gasteiger partial charge is 0.477 e. The van der Waals surface area contributed by atoms with Crippen LogP contribution in [0.3, 0.4) is 0 Å². The first kappa shape index (κ1) is 14.1. The maximum absolute atomic E-state index is 11.9. The van der Waals surface area contributed by atoms with Crippen molar-refractivity contribution in [3.8, 4) is 0 Å². The smallest absolute Gasteiger partial charge is 0.354 e. The van der Waals surface area contributed by atoms with Gasteiger partial charge in [0.15, 0.2) is 0 Å². The van der Waals surface area contributed by atoms with E-state index in [1.807, 2.05) is 0 Å². The summed E-state index contributed by atoms with van der Waals surface area (Å²) in [5.41, 5.74) is 0.963. The van der Waals surface area contributed by atoms with Crippen molar-refractivity contribution in [2.45, 2.75) is 6.54 Å². The van der Waals surface area contributed by atoms with E-state index < -0.39 is 5.97 Å². The number of hydrogen-bond donors (Lipinski definition) is 2. The number of carbonyl (C=O) groups excluding carboxylic acids is 1. The number of carboxylic acid groups (broad SMARTS) is 1. The Morgan fingerprint density at radius 1 is 1.25 bits per heavy atom. The van der Waals surface area contributed by atoms with Crippen LogP contribution in [0.5, 0.6) is 0 Å². The lowest BCUT2D eigenvalue weighted by molar-refractivity contribution is 0.0690. The number of pyridine rings is 2. The lowest BCUT2D eigenvalue weighted by Gasteiger charge is -2.06. The number of halogens is 1. The third-order valence-electron chi connectivity index (χ3n) is 2.47. The van der Waals surface area contributed by atoms with Gasteiger partial charge in [-0.25, -0.2) is 14.8 Å². The zero-order chi connectivity index (χ0) is 14.5. The molecule has 7 heteroatoms. The van der Waals surface area contributed by atoms with E-state index in [0.29, 0.717) is 15.7 Å². The van der Waals surface area contributed by atoms with E-state index in [9.17, 15) is 9.59 Å². The van der Waals surface area contributed by atoms with Gasteiger partial charge in [0.05, 0.1) is 0 Å². The van der Waals surface area contributed by atoms with E-state index >= 15 is 0 Å². The summed E-state index contributed by atoms with van der Waals surface area (Å²) < 4.78 is 0.608. The van der Waals surface area contributed by atoms with Gasteiger partial charge in [-0.1, -0.05) is 6.07 Å². The summed E-state index contributed by atoms with van der Waals surface area (Å²) in [5.74, 6) is -1.40. The maximum Gasteiger partial charge on any atom is 0.354 e. The Morgan fingerprint density at radius 2 is 2.05 bits per heavy atom. The second kappa shape index (κ2) is 6.25. The second-order valence-electron chi connectivity index (χ2n) is 3.87. The Hall–Kier alpha value is -2.28. The van der Waals surface area contributed by atoms with Crippen LogP contribution in [0.25, 0.3) is 0 Å². The third-order valence-corrected chi connectivity index (χ3v) is 3.11. The summed E-state index contributed by atoms with van der Waals surface area (Å²) in [6.07, 6.45) is 2.94. The van der Waals surface area contributed by atoms with Gasteiger partial charge >= 0.3 is 5.97 Å². The fourth-order valence-electron chi connectivity index (χ4n) is 1.47. The summed E-state index contributed by atoms with van der Waals surface area (Å²) in [6, 6.07) is 6.44. The zero-order valence-corrected chi connectivity index (χ0v) is 11.8. The van der Waals surface area contributed by atoms with Crippen molar-refractivity contribution < 1.29 is 14.7 Å². The molecule has 102 valence electrons. The van der Waals surface area contributed by atoms with Gasteiger partial charge in [-0.05, 0) is 39.7 Å². The third kappa shape index (κ3) is 3.39. The molecule has 2 aromatic heterocycles. The number of aromatic nitrogens is 2. The molecule has 0 unspecified atom stereocenters. The van der Waals surface area contributed by atoms with Crippen LogP contribution in [-0.4, -0.2) is 27.0 Å². The van der Waals surface area contributed by atoms with Crippen LogP contribution in [0.4, 0.5) is 0 Å². The summed E-state index contributed by atoms with van der Waals surface area (Å²) in [5, 5.41) is 11.4. The molecule has 0 bridgehead atoms. The molecule has 2 aromatic rings. The van der Waals surface area contributed by atoms with E-state index in [1.54, 1.807) is 18.2 Å². The highest BCUT2D eigenvalue weighted by atomic mass is 79.9. The Kier molecular flexibility index (Phi) is 4.41. The van der Waals surface area contributed by atoms with Crippen LogP contribution >= 0.6 is 15.9 Å². The van der Waals surface area contributed by atoms with Crippen molar-refractivity contribution in [1.82, 2.24) is 15.3 Å². The number of amides is 1. The number of nitrogens with one attached hydrogen (secondary N) is 1. The Bertz CT molecular complexity index is 644. The van der Waals surface area contributed by atoms with Gasteiger partial charge in [0.25, 0.3) is 5.91 Å². The molecule has 2 heterocycles. The first-order valence-corrected chi connectivity index (χ1v) is 6.44. The number of carbonyl (C=O) groups is 2. The molecule has 20 heavy (non-hydrogen) atoms. The van der Waals surface area contributed by atoms with Gasteiger partial charge < -0.3 is 10.4 Å². The Balaban J connectivity index is 2.00. The molecule has 2 N–H and O–H groups in total. The van der Waals surface area contributed by atoms with E-state index in [1.165, 1.54) is 18.5 Å². The fourth-order valence-corrected chi connectivity index (χ4v) is 1.91. The molecule has 0 aromatic carbocycles. The predicted molar refractivity (Wildman–Crippen MR) is 74.3 cm³/mol. The minimum Gasteiger partial charge on any atom is -0.477 e. The summed E-state index contributed by atoms with van der Waals surface area (Å²) in [7, 11) is 0. The SMILES string of the molecule is O=C(O)c1ccc(CNC(=O)c2ncccc2Br)cn1. The summed E-state index contributed by atoms with van der Waals surface area (Å²) >= 11 is 3.25. The quantitative estimate of drug-likeness (QED) is 0.889. The van der Waals surface area contributed by atoms with Crippen LogP contribution in [0.2, 0.25) is 0 Å². The molecule has 0 spiro atoms. The Labute approximate surface area is 123 Å². The van der Waals surface area contributed by atoms with E-state index in [2.05, 4.69) is 31.2 Å². The minimum absolute atomic E-state index is 0.0347. The van der Waals surface area contributed by atoms with E-state index in [4.69, 9.17) is 5.11 Å². The summed E-state index contributed by atoms with van der Waals surface area (Å²) in [6.45, 7) is 0.245. The van der Waals surface area contributed by atoms with Crippen molar-refractivity contribution in [1.29, 1.82) is 0 Å². The maximum atomic E-state index is 11.9. The first-order chi connectivity index (χ1) is 9.58. The highest BCUT2D eigenvalue weighted by Gasteiger charge is 2.10. The molecule has 0 saturated carbocycles. The molecule has 0 fully saturated rings. The average Bonchev–Trinajstić information content (AvgIpc) is 2.45. The van der Waals surface area contributed by atoms with Crippen molar-refractivity contribution in [3.05, 3.63) is 58.1 Å². The molecule has 1 amide bonds. The van der Waals surface area contributed by atoms with Gasteiger partial charge in [0.2, 0.25) is 0 Å². The van der Waals surface area contributed by atoms with E-state index in [0.717, 1.165) is 0 Å². The summed E-state index contributed by atoms with van der Waals surface area (Å²) in [4.78, 5) is 30.3. The van der Waals surface area contributed by atoms with Crippen molar-refractivity contribution in [2.75, 3.05) is 0 Å². The van der Waals surface area contributed by atoms with Crippen LogP contribution in [-0.2, 0) is 6.54 Å². The molecule has 0 aliphatic heterocycles. The molecule has 0 aliphatic carbocycles. The zero-order valence-electron chi connectivity index (χ0n) is 10.2. The fraction of sp³-hybridized carbons (Fsp3) is 0.0769. The van der Waals surface area contributed by atoms with Crippen LogP contribution < -0.4 is 5.32 Å².